The van der Waals surface area contributed by atoms with Crippen molar-refractivity contribution in [2.45, 2.75) is 135 Å². The van der Waals surface area contributed by atoms with Gasteiger partial charge in [0, 0.05) is 11.8 Å². The van der Waals surface area contributed by atoms with E-state index >= 15 is 0 Å². The normalized spacial score (nSPS) is 20.4. The fourth-order valence-corrected chi connectivity index (χ4v) is 13.2. The third-order valence-electron chi connectivity index (χ3n) is 11.8. The van der Waals surface area contributed by atoms with E-state index in [-0.39, 0.29) is 17.9 Å². The maximum absolute atomic E-state index is 11.2. The molecule has 1 saturated heterocycles. The van der Waals surface area contributed by atoms with Gasteiger partial charge in [-0.2, -0.15) is 0 Å². The van der Waals surface area contributed by atoms with Crippen LogP contribution in [0.15, 0.2) is 115 Å². The van der Waals surface area contributed by atoms with Crippen LogP contribution < -0.4 is 5.30 Å². The Bertz CT molecular complexity index is 1770. The average molecular weight is 723 g/mol. The SMILES string of the molecule is CC(C)c1cccc(C(C)C)c1C(c1ccccc1)c1cccc(C(c2ccccc2)c2c(C(C)C)cccc2C(C)C)c1P1C(C)CC(O)CC1C. The van der Waals surface area contributed by atoms with Crippen LogP contribution in [0, 0.1) is 0 Å². The van der Waals surface area contributed by atoms with Crippen LogP contribution in [0.2, 0.25) is 0 Å². The first-order valence-electron chi connectivity index (χ1n) is 20.3. The highest BCUT2D eigenvalue weighted by molar-refractivity contribution is 7.67. The topological polar surface area (TPSA) is 20.2 Å². The summed E-state index contributed by atoms with van der Waals surface area (Å²) < 4.78 is 0. The first-order valence-corrected chi connectivity index (χ1v) is 21.8. The third kappa shape index (κ3) is 8.00. The van der Waals surface area contributed by atoms with Crippen molar-refractivity contribution < 1.29 is 5.11 Å². The molecule has 53 heavy (non-hydrogen) atoms. The van der Waals surface area contributed by atoms with Gasteiger partial charge in [-0.05, 0) is 109 Å². The Hall–Kier alpha value is -3.51. The molecule has 5 aromatic rings. The molecule has 1 fully saturated rings. The summed E-state index contributed by atoms with van der Waals surface area (Å²) in [5.41, 5.74) is 15.2. The number of aliphatic hydroxyl groups is 1. The number of benzene rings is 5. The second-order valence-corrected chi connectivity index (χ2v) is 20.0. The molecule has 1 aliphatic heterocycles. The largest absolute Gasteiger partial charge is 0.393 e. The van der Waals surface area contributed by atoms with Crippen molar-refractivity contribution in [2.24, 2.45) is 0 Å². The molecule has 0 aromatic heterocycles. The van der Waals surface area contributed by atoms with Crippen LogP contribution in [0.4, 0.5) is 0 Å². The summed E-state index contributed by atoms with van der Waals surface area (Å²) in [5, 5.41) is 12.8. The summed E-state index contributed by atoms with van der Waals surface area (Å²) in [6.07, 6.45) is 1.47. The second kappa shape index (κ2) is 16.9. The van der Waals surface area contributed by atoms with Gasteiger partial charge in [0.05, 0.1) is 6.10 Å². The molecular formula is C51H63OP. The van der Waals surface area contributed by atoms with Gasteiger partial charge in [-0.15, -0.1) is 0 Å². The summed E-state index contributed by atoms with van der Waals surface area (Å²) in [6, 6.07) is 44.2. The predicted octanol–water partition coefficient (Wildman–Crippen LogP) is 13.6. The van der Waals surface area contributed by atoms with Crippen LogP contribution in [-0.4, -0.2) is 22.5 Å². The molecule has 6 rings (SSSR count). The van der Waals surface area contributed by atoms with E-state index in [1.807, 2.05) is 0 Å². The van der Waals surface area contributed by atoms with Gasteiger partial charge in [-0.1, -0.05) is 192 Å². The zero-order chi connectivity index (χ0) is 38.0. The minimum absolute atomic E-state index is 0.0808. The van der Waals surface area contributed by atoms with Gasteiger partial charge >= 0.3 is 0 Å². The van der Waals surface area contributed by atoms with E-state index in [0.717, 1.165) is 12.8 Å². The Morgan fingerprint density at radius 3 is 1.04 bits per heavy atom. The highest BCUT2D eigenvalue weighted by Gasteiger charge is 2.40. The summed E-state index contributed by atoms with van der Waals surface area (Å²) in [4.78, 5) is 0. The maximum atomic E-state index is 11.2. The Kier molecular flexibility index (Phi) is 12.5. The molecule has 0 saturated carbocycles. The highest BCUT2D eigenvalue weighted by Crippen LogP contribution is 2.57. The molecule has 2 heteroatoms. The van der Waals surface area contributed by atoms with Crippen molar-refractivity contribution >= 4 is 13.2 Å². The molecule has 4 unspecified atom stereocenters. The number of hydrogen-bond donors (Lipinski definition) is 1. The summed E-state index contributed by atoms with van der Waals surface area (Å²) >= 11 is 0. The Morgan fingerprint density at radius 2 is 0.736 bits per heavy atom. The third-order valence-corrected chi connectivity index (χ3v) is 15.2. The van der Waals surface area contributed by atoms with E-state index in [9.17, 15) is 5.11 Å². The van der Waals surface area contributed by atoms with Crippen molar-refractivity contribution in [3.05, 3.63) is 171 Å². The average Bonchev–Trinajstić information content (AvgIpc) is 3.13. The fraction of sp³-hybridized carbons (Fsp3) is 0.412. The van der Waals surface area contributed by atoms with Gasteiger partial charge < -0.3 is 5.11 Å². The van der Waals surface area contributed by atoms with Gasteiger partial charge in [-0.25, -0.2) is 0 Å². The van der Waals surface area contributed by atoms with Gasteiger partial charge in [0.25, 0.3) is 0 Å². The Morgan fingerprint density at radius 1 is 0.434 bits per heavy atom. The molecule has 0 bridgehead atoms. The molecule has 1 heterocycles. The number of hydrogen-bond acceptors (Lipinski definition) is 1. The minimum atomic E-state index is -0.644. The van der Waals surface area contributed by atoms with Gasteiger partial charge in [-0.3, -0.25) is 0 Å². The molecule has 0 spiro atoms. The maximum Gasteiger partial charge on any atom is 0.0552 e. The molecule has 278 valence electrons. The van der Waals surface area contributed by atoms with Crippen LogP contribution >= 0.6 is 7.92 Å². The first-order chi connectivity index (χ1) is 25.4. The molecule has 0 amide bonds. The van der Waals surface area contributed by atoms with E-state index in [1.165, 1.54) is 55.6 Å². The summed E-state index contributed by atoms with van der Waals surface area (Å²) in [6.45, 7) is 23.8. The van der Waals surface area contributed by atoms with Crippen LogP contribution in [0.25, 0.3) is 0 Å². The standard InChI is InChI=1S/C51H63OP/c1-32(2)41-24-17-25-42(33(3)4)49(41)47(38-20-13-11-14-21-38)45-28-19-29-46(51(45)53-36(9)30-40(52)31-37(53)10)48(39-22-15-12-16-23-39)50-43(34(5)6)26-18-27-44(50)35(7)8/h11-29,32-37,40,47-48,52H,30-31H2,1-10H3. The zero-order valence-electron chi connectivity index (χ0n) is 34.0. The smallest absolute Gasteiger partial charge is 0.0552 e. The predicted molar refractivity (Wildman–Crippen MR) is 231 cm³/mol. The van der Waals surface area contributed by atoms with E-state index in [2.05, 4.69) is 184 Å². The van der Waals surface area contributed by atoms with Gasteiger partial charge in [0.2, 0.25) is 0 Å². The van der Waals surface area contributed by atoms with Crippen LogP contribution in [0.5, 0.6) is 0 Å². The molecule has 1 nitrogen and oxygen atoms in total. The van der Waals surface area contributed by atoms with Gasteiger partial charge in [0.1, 0.15) is 0 Å². The van der Waals surface area contributed by atoms with Crippen molar-refractivity contribution in [3.63, 3.8) is 0 Å². The fourth-order valence-electron chi connectivity index (χ4n) is 9.51. The van der Waals surface area contributed by atoms with Crippen molar-refractivity contribution in [3.8, 4) is 0 Å². The Balaban J connectivity index is 1.80. The van der Waals surface area contributed by atoms with Gasteiger partial charge in [0.15, 0.2) is 0 Å². The first kappa shape index (κ1) is 39.2. The van der Waals surface area contributed by atoms with Crippen LogP contribution in [0.3, 0.4) is 0 Å². The van der Waals surface area contributed by atoms with E-state index < -0.39 is 7.92 Å². The molecule has 4 atom stereocenters. The summed E-state index contributed by atoms with van der Waals surface area (Å²) in [7, 11) is -0.644. The zero-order valence-corrected chi connectivity index (χ0v) is 34.9. The lowest BCUT2D eigenvalue weighted by atomic mass is 9.73. The number of rotatable bonds is 11. The lowest BCUT2D eigenvalue weighted by Crippen LogP contribution is -2.35. The number of aliphatic hydroxyl groups excluding tert-OH is 1. The minimum Gasteiger partial charge on any atom is -0.393 e. The molecule has 0 radical (unpaired) electrons. The van der Waals surface area contributed by atoms with E-state index in [0.29, 0.717) is 35.0 Å². The lowest BCUT2D eigenvalue weighted by Gasteiger charge is -2.42. The Labute approximate surface area is 323 Å². The molecule has 0 aliphatic carbocycles. The molecular weight excluding hydrogens is 660 g/mol. The lowest BCUT2D eigenvalue weighted by molar-refractivity contribution is 0.149. The highest BCUT2D eigenvalue weighted by atomic mass is 31.1. The van der Waals surface area contributed by atoms with Crippen molar-refractivity contribution in [1.29, 1.82) is 0 Å². The quantitative estimate of drug-likeness (QED) is 0.106. The molecule has 1 aliphatic rings. The van der Waals surface area contributed by atoms with Crippen molar-refractivity contribution in [2.75, 3.05) is 0 Å². The summed E-state index contributed by atoms with van der Waals surface area (Å²) in [5.74, 6) is 1.71. The monoisotopic (exact) mass is 722 g/mol. The van der Waals surface area contributed by atoms with Crippen LogP contribution in [-0.2, 0) is 0 Å². The molecule has 1 N–H and O–H groups in total. The second-order valence-electron chi connectivity index (χ2n) is 17.0. The molecule has 5 aromatic carbocycles. The van der Waals surface area contributed by atoms with E-state index in [1.54, 1.807) is 5.30 Å². The van der Waals surface area contributed by atoms with Crippen LogP contribution in [0.1, 0.15) is 173 Å². The van der Waals surface area contributed by atoms with E-state index in [4.69, 9.17) is 0 Å². The van der Waals surface area contributed by atoms with Crippen molar-refractivity contribution in [1.82, 2.24) is 0 Å².